The van der Waals surface area contributed by atoms with Crippen molar-refractivity contribution < 1.29 is 13.2 Å². The summed E-state index contributed by atoms with van der Waals surface area (Å²) < 4.78 is 31.3. The van der Waals surface area contributed by atoms with Crippen LogP contribution in [0.25, 0.3) is 10.2 Å². The van der Waals surface area contributed by atoms with Crippen molar-refractivity contribution in [2.24, 2.45) is 0 Å². The SMILES string of the molecule is CC1CCC(CS(=O)(=O)c2nc3ccc(N)cc3s2)O1. The van der Waals surface area contributed by atoms with Crippen molar-refractivity contribution in [3.8, 4) is 0 Å². The molecule has 5 nitrogen and oxygen atoms in total. The molecule has 3 rings (SSSR count). The second-order valence-corrected chi connectivity index (χ2v) is 8.37. The van der Waals surface area contributed by atoms with Gasteiger partial charge in [0.2, 0.25) is 14.2 Å². The van der Waals surface area contributed by atoms with E-state index in [1.807, 2.05) is 6.92 Å². The molecule has 2 aromatic rings. The first-order valence-corrected chi connectivity index (χ1v) is 8.95. The van der Waals surface area contributed by atoms with Crippen LogP contribution in [0.4, 0.5) is 5.69 Å². The van der Waals surface area contributed by atoms with E-state index < -0.39 is 9.84 Å². The van der Waals surface area contributed by atoms with Gasteiger partial charge in [0.15, 0.2) is 0 Å². The fraction of sp³-hybridized carbons (Fsp3) is 0.462. The molecule has 108 valence electrons. The number of ether oxygens (including phenoxy) is 1. The first kappa shape index (κ1) is 13.8. The maximum atomic E-state index is 12.4. The summed E-state index contributed by atoms with van der Waals surface area (Å²) in [6.07, 6.45) is 1.63. The van der Waals surface area contributed by atoms with Crippen molar-refractivity contribution in [1.29, 1.82) is 0 Å². The summed E-state index contributed by atoms with van der Waals surface area (Å²) in [4.78, 5) is 4.21. The highest BCUT2D eigenvalue weighted by Crippen LogP contribution is 2.29. The van der Waals surface area contributed by atoms with E-state index in [1.54, 1.807) is 18.2 Å². The van der Waals surface area contributed by atoms with Crippen molar-refractivity contribution in [1.82, 2.24) is 4.98 Å². The van der Waals surface area contributed by atoms with Crippen LogP contribution in [0, 0.1) is 0 Å². The second-order valence-electron chi connectivity index (χ2n) is 5.13. The predicted octanol–water partition coefficient (Wildman–Crippen LogP) is 2.22. The molecule has 1 aliphatic rings. The lowest BCUT2D eigenvalue weighted by molar-refractivity contribution is 0.0690. The first-order chi connectivity index (χ1) is 9.44. The van der Waals surface area contributed by atoms with E-state index in [-0.39, 0.29) is 22.3 Å². The minimum Gasteiger partial charge on any atom is -0.399 e. The van der Waals surface area contributed by atoms with Gasteiger partial charge in [-0.25, -0.2) is 13.4 Å². The number of sulfone groups is 1. The lowest BCUT2D eigenvalue weighted by Crippen LogP contribution is -2.21. The second kappa shape index (κ2) is 4.98. The van der Waals surface area contributed by atoms with Gasteiger partial charge in [-0.15, -0.1) is 11.3 Å². The van der Waals surface area contributed by atoms with Crippen LogP contribution in [0.1, 0.15) is 19.8 Å². The molecule has 1 aromatic heterocycles. The summed E-state index contributed by atoms with van der Waals surface area (Å²) in [5.74, 6) is 0.00659. The van der Waals surface area contributed by atoms with Gasteiger partial charge >= 0.3 is 0 Å². The number of thiazole rings is 1. The zero-order valence-corrected chi connectivity index (χ0v) is 12.7. The van der Waals surface area contributed by atoms with Crippen LogP contribution >= 0.6 is 11.3 Å². The molecular weight excluding hydrogens is 296 g/mol. The van der Waals surface area contributed by atoms with Gasteiger partial charge in [0, 0.05) is 5.69 Å². The highest BCUT2D eigenvalue weighted by Gasteiger charge is 2.30. The Morgan fingerprint density at radius 1 is 1.45 bits per heavy atom. The molecule has 0 saturated carbocycles. The number of nitrogens with zero attached hydrogens (tertiary/aromatic N) is 1. The zero-order valence-electron chi connectivity index (χ0n) is 11.1. The molecule has 1 fully saturated rings. The van der Waals surface area contributed by atoms with Crippen LogP contribution in [0.15, 0.2) is 22.5 Å². The van der Waals surface area contributed by atoms with E-state index in [2.05, 4.69) is 4.98 Å². The third-order valence-electron chi connectivity index (χ3n) is 3.38. The van der Waals surface area contributed by atoms with Gasteiger partial charge in [-0.2, -0.15) is 0 Å². The summed E-state index contributed by atoms with van der Waals surface area (Å²) in [5, 5.41) is 0. The third kappa shape index (κ3) is 2.65. The summed E-state index contributed by atoms with van der Waals surface area (Å²) in [6.45, 7) is 1.97. The summed E-state index contributed by atoms with van der Waals surface area (Å²) in [5.41, 5.74) is 6.98. The lowest BCUT2D eigenvalue weighted by Gasteiger charge is -2.09. The Labute approximate surface area is 121 Å². The van der Waals surface area contributed by atoms with Crippen molar-refractivity contribution >= 4 is 37.1 Å². The molecule has 2 N–H and O–H groups in total. The Morgan fingerprint density at radius 3 is 2.95 bits per heavy atom. The summed E-state index contributed by atoms with van der Waals surface area (Å²) in [7, 11) is -3.40. The highest BCUT2D eigenvalue weighted by molar-refractivity contribution is 7.93. The quantitative estimate of drug-likeness (QED) is 0.879. The Bertz CT molecular complexity index is 739. The third-order valence-corrected chi connectivity index (χ3v) is 6.64. The fourth-order valence-corrected chi connectivity index (χ4v) is 5.22. The smallest absolute Gasteiger partial charge is 0.210 e. The number of benzene rings is 1. The molecule has 1 saturated heterocycles. The molecule has 2 heterocycles. The molecule has 1 aromatic carbocycles. The molecule has 1 aliphatic heterocycles. The molecule has 2 atom stereocenters. The Morgan fingerprint density at radius 2 is 2.25 bits per heavy atom. The monoisotopic (exact) mass is 312 g/mol. The van der Waals surface area contributed by atoms with Crippen molar-refractivity contribution in [2.75, 3.05) is 11.5 Å². The molecule has 0 amide bonds. The van der Waals surface area contributed by atoms with Crippen LogP contribution in [-0.4, -0.2) is 31.4 Å². The van der Waals surface area contributed by atoms with Gasteiger partial charge in [0.25, 0.3) is 0 Å². The van der Waals surface area contributed by atoms with E-state index in [0.29, 0.717) is 11.2 Å². The molecule has 0 bridgehead atoms. The topological polar surface area (TPSA) is 82.3 Å². The van der Waals surface area contributed by atoms with Gasteiger partial charge in [0.1, 0.15) is 0 Å². The first-order valence-electron chi connectivity index (χ1n) is 6.48. The van der Waals surface area contributed by atoms with E-state index in [1.165, 1.54) is 11.3 Å². The zero-order chi connectivity index (χ0) is 14.3. The van der Waals surface area contributed by atoms with Crippen molar-refractivity contribution in [3.05, 3.63) is 18.2 Å². The average molecular weight is 312 g/mol. The van der Waals surface area contributed by atoms with Crippen LogP contribution < -0.4 is 5.73 Å². The Hall–Kier alpha value is -1.18. The van der Waals surface area contributed by atoms with E-state index in [0.717, 1.165) is 17.5 Å². The van der Waals surface area contributed by atoms with Gasteiger partial charge in [-0.1, -0.05) is 0 Å². The number of nitrogens with two attached hydrogens (primary N) is 1. The standard InChI is InChI=1S/C13H16N2O3S2/c1-8-2-4-10(18-8)7-20(16,17)13-15-11-5-3-9(14)6-12(11)19-13/h3,5-6,8,10H,2,4,7,14H2,1H3. The van der Waals surface area contributed by atoms with E-state index in [9.17, 15) is 8.42 Å². The molecule has 0 spiro atoms. The number of rotatable bonds is 3. The lowest BCUT2D eigenvalue weighted by atomic mass is 10.2. The summed E-state index contributed by atoms with van der Waals surface area (Å²) in [6, 6.07) is 5.22. The Balaban J connectivity index is 1.88. The van der Waals surface area contributed by atoms with Crippen LogP contribution in [-0.2, 0) is 14.6 Å². The number of fused-ring (bicyclic) bond motifs is 1. The molecule has 7 heteroatoms. The minimum atomic E-state index is -3.40. The number of anilines is 1. The summed E-state index contributed by atoms with van der Waals surface area (Å²) >= 11 is 1.17. The number of hydrogen-bond acceptors (Lipinski definition) is 6. The maximum absolute atomic E-state index is 12.4. The molecular formula is C13H16N2O3S2. The van der Waals surface area contributed by atoms with Crippen molar-refractivity contribution in [2.45, 2.75) is 36.3 Å². The number of aromatic nitrogens is 1. The molecule has 0 aliphatic carbocycles. The minimum absolute atomic E-state index is 0.00659. The average Bonchev–Trinajstić information content (AvgIpc) is 2.95. The van der Waals surface area contributed by atoms with Crippen molar-refractivity contribution in [3.63, 3.8) is 0 Å². The predicted molar refractivity (Wildman–Crippen MR) is 79.7 cm³/mol. The van der Waals surface area contributed by atoms with Gasteiger partial charge in [-0.05, 0) is 38.0 Å². The van der Waals surface area contributed by atoms with Gasteiger partial charge in [0.05, 0.1) is 28.2 Å². The largest absolute Gasteiger partial charge is 0.399 e. The van der Waals surface area contributed by atoms with Crippen LogP contribution in [0.3, 0.4) is 0 Å². The van der Waals surface area contributed by atoms with E-state index >= 15 is 0 Å². The van der Waals surface area contributed by atoms with E-state index in [4.69, 9.17) is 10.5 Å². The fourth-order valence-electron chi connectivity index (χ4n) is 2.38. The number of nitrogen functional groups attached to an aromatic ring is 1. The Kier molecular flexibility index (Phi) is 3.43. The van der Waals surface area contributed by atoms with Gasteiger partial charge < -0.3 is 10.5 Å². The highest BCUT2D eigenvalue weighted by atomic mass is 32.2. The van der Waals surface area contributed by atoms with Gasteiger partial charge in [-0.3, -0.25) is 0 Å². The van der Waals surface area contributed by atoms with Crippen LogP contribution in [0.2, 0.25) is 0 Å². The molecule has 20 heavy (non-hydrogen) atoms. The molecule has 2 unspecified atom stereocenters. The molecule has 0 radical (unpaired) electrons. The maximum Gasteiger partial charge on any atom is 0.210 e. The normalized spacial score (nSPS) is 23.4. The van der Waals surface area contributed by atoms with Crippen LogP contribution in [0.5, 0.6) is 0 Å². The number of hydrogen-bond donors (Lipinski definition) is 1.